The summed E-state index contributed by atoms with van der Waals surface area (Å²) >= 11 is 12.1. The van der Waals surface area contributed by atoms with Crippen molar-refractivity contribution in [3.63, 3.8) is 0 Å². The number of hydrogen-bond donors (Lipinski definition) is 1. The normalized spacial score (nSPS) is 10.3. The molecule has 0 radical (unpaired) electrons. The van der Waals surface area contributed by atoms with Crippen LogP contribution in [0.4, 0.5) is 0 Å². The molecule has 0 fully saturated rings. The van der Waals surface area contributed by atoms with Crippen LogP contribution in [0, 0.1) is 0 Å². The fourth-order valence-corrected chi connectivity index (χ4v) is 2.42. The third-order valence-electron chi connectivity index (χ3n) is 2.78. The van der Waals surface area contributed by atoms with E-state index in [2.05, 4.69) is 0 Å². The van der Waals surface area contributed by atoms with Gasteiger partial charge in [-0.3, -0.25) is 0 Å². The molecule has 104 valence electrons. The first-order chi connectivity index (χ1) is 9.59. The fourth-order valence-electron chi connectivity index (χ4n) is 1.78. The number of para-hydroxylation sites is 1. The van der Waals surface area contributed by atoms with Gasteiger partial charge in [-0.05, 0) is 29.8 Å². The number of benzene rings is 2. The topological polar surface area (TPSA) is 46.5 Å². The first-order valence-corrected chi connectivity index (χ1v) is 6.73. The fraction of sp³-hybridized carbons (Fsp3) is 0.133. The molecule has 0 heterocycles. The van der Waals surface area contributed by atoms with Crippen molar-refractivity contribution in [1.82, 2.24) is 0 Å². The average Bonchev–Trinajstić information content (AvgIpc) is 2.43. The second-order valence-electron chi connectivity index (χ2n) is 4.10. The van der Waals surface area contributed by atoms with Gasteiger partial charge in [0.2, 0.25) is 0 Å². The number of carbonyl (C=O) groups is 1. The Morgan fingerprint density at radius 1 is 1.10 bits per heavy atom. The van der Waals surface area contributed by atoms with Crippen LogP contribution < -0.4 is 4.74 Å². The Balaban J connectivity index is 2.09. The van der Waals surface area contributed by atoms with Crippen LogP contribution in [-0.2, 0) is 6.42 Å². The Kier molecular flexibility index (Phi) is 4.88. The van der Waals surface area contributed by atoms with Crippen LogP contribution in [0.3, 0.4) is 0 Å². The van der Waals surface area contributed by atoms with E-state index in [-0.39, 0.29) is 10.6 Å². The summed E-state index contributed by atoms with van der Waals surface area (Å²) in [6.07, 6.45) is 0.438. The molecular weight excluding hydrogens is 299 g/mol. The lowest BCUT2D eigenvalue weighted by Crippen LogP contribution is -2.05. The number of ether oxygens (including phenoxy) is 1. The number of aromatic carboxylic acids is 1. The maximum absolute atomic E-state index is 11.0. The lowest BCUT2D eigenvalue weighted by molar-refractivity contribution is 0.0697. The lowest BCUT2D eigenvalue weighted by Gasteiger charge is -2.10. The first kappa shape index (κ1) is 14.7. The molecule has 0 aliphatic carbocycles. The minimum Gasteiger partial charge on any atom is -0.493 e. The number of rotatable bonds is 5. The largest absolute Gasteiger partial charge is 0.493 e. The zero-order chi connectivity index (χ0) is 14.5. The van der Waals surface area contributed by atoms with Crippen LogP contribution >= 0.6 is 23.2 Å². The molecule has 2 rings (SSSR count). The zero-order valence-corrected chi connectivity index (χ0v) is 12.0. The van der Waals surface area contributed by atoms with E-state index < -0.39 is 5.97 Å². The molecule has 2 aromatic rings. The van der Waals surface area contributed by atoms with Gasteiger partial charge in [-0.2, -0.15) is 0 Å². The highest BCUT2D eigenvalue weighted by Gasteiger charge is 2.15. The van der Waals surface area contributed by atoms with E-state index in [9.17, 15) is 4.79 Å². The van der Waals surface area contributed by atoms with Crippen molar-refractivity contribution in [2.45, 2.75) is 6.42 Å². The number of carboxylic acids is 1. The van der Waals surface area contributed by atoms with E-state index in [1.165, 1.54) is 12.1 Å². The van der Waals surface area contributed by atoms with Gasteiger partial charge in [0, 0.05) is 11.4 Å². The van der Waals surface area contributed by atoms with Gasteiger partial charge < -0.3 is 9.84 Å². The van der Waals surface area contributed by atoms with Gasteiger partial charge >= 0.3 is 5.97 Å². The summed E-state index contributed by atoms with van der Waals surface area (Å²) < 4.78 is 5.56. The maximum atomic E-state index is 11.0. The molecule has 0 aromatic heterocycles. The third-order valence-corrected chi connectivity index (χ3v) is 3.57. The molecule has 0 bridgehead atoms. The predicted molar refractivity (Wildman–Crippen MR) is 79.1 cm³/mol. The Morgan fingerprint density at radius 3 is 2.45 bits per heavy atom. The van der Waals surface area contributed by atoms with Crippen molar-refractivity contribution in [2.75, 3.05) is 6.61 Å². The van der Waals surface area contributed by atoms with Crippen LogP contribution in [0.2, 0.25) is 10.0 Å². The van der Waals surface area contributed by atoms with E-state index in [0.717, 1.165) is 5.75 Å². The minimum atomic E-state index is -1.07. The molecule has 0 aliphatic rings. The van der Waals surface area contributed by atoms with Crippen molar-refractivity contribution in [3.8, 4) is 5.75 Å². The Morgan fingerprint density at radius 2 is 1.80 bits per heavy atom. The summed E-state index contributed by atoms with van der Waals surface area (Å²) in [6, 6.07) is 12.3. The summed E-state index contributed by atoms with van der Waals surface area (Å²) in [5.41, 5.74) is 0.634. The monoisotopic (exact) mass is 310 g/mol. The quantitative estimate of drug-likeness (QED) is 0.895. The molecular formula is C15H12Cl2O3. The highest BCUT2D eigenvalue weighted by Crippen LogP contribution is 2.29. The second-order valence-corrected chi connectivity index (χ2v) is 4.89. The maximum Gasteiger partial charge on any atom is 0.337 e. The van der Waals surface area contributed by atoms with Crippen LogP contribution in [-0.4, -0.2) is 17.7 Å². The number of halogens is 2. The summed E-state index contributed by atoms with van der Waals surface area (Å²) in [5, 5.41) is 9.64. The van der Waals surface area contributed by atoms with Gasteiger partial charge in [0.05, 0.1) is 17.2 Å². The van der Waals surface area contributed by atoms with Crippen molar-refractivity contribution >= 4 is 29.2 Å². The second kappa shape index (κ2) is 6.64. The molecule has 0 atom stereocenters. The van der Waals surface area contributed by atoms with E-state index in [4.69, 9.17) is 33.0 Å². The lowest BCUT2D eigenvalue weighted by atomic mass is 10.1. The zero-order valence-electron chi connectivity index (χ0n) is 10.5. The molecule has 1 N–H and O–H groups in total. The van der Waals surface area contributed by atoms with Crippen LogP contribution in [0.25, 0.3) is 0 Å². The molecule has 0 unspecified atom stereocenters. The van der Waals surface area contributed by atoms with Crippen LogP contribution in [0.15, 0.2) is 42.5 Å². The summed E-state index contributed by atoms with van der Waals surface area (Å²) in [4.78, 5) is 11.0. The molecule has 0 saturated carbocycles. The van der Waals surface area contributed by atoms with Gasteiger partial charge in [-0.1, -0.05) is 41.4 Å². The predicted octanol–water partition coefficient (Wildman–Crippen LogP) is 4.31. The molecule has 20 heavy (non-hydrogen) atoms. The Hall–Kier alpha value is -1.71. The molecule has 0 amide bonds. The van der Waals surface area contributed by atoms with Crippen LogP contribution in [0.1, 0.15) is 15.9 Å². The van der Waals surface area contributed by atoms with Gasteiger partial charge in [0.15, 0.2) is 0 Å². The summed E-state index contributed by atoms with van der Waals surface area (Å²) in [7, 11) is 0. The van der Waals surface area contributed by atoms with Crippen molar-refractivity contribution in [3.05, 3.63) is 63.6 Å². The van der Waals surface area contributed by atoms with Crippen molar-refractivity contribution in [1.29, 1.82) is 0 Å². The van der Waals surface area contributed by atoms with Gasteiger partial charge in [0.25, 0.3) is 0 Å². The van der Waals surface area contributed by atoms with Crippen molar-refractivity contribution in [2.24, 2.45) is 0 Å². The highest BCUT2D eigenvalue weighted by molar-refractivity contribution is 6.37. The van der Waals surface area contributed by atoms with E-state index in [1.807, 2.05) is 30.3 Å². The smallest absolute Gasteiger partial charge is 0.337 e. The first-order valence-electron chi connectivity index (χ1n) is 5.97. The molecule has 0 saturated heterocycles. The van der Waals surface area contributed by atoms with Crippen LogP contribution in [0.5, 0.6) is 5.75 Å². The summed E-state index contributed by atoms with van der Waals surface area (Å²) in [6.45, 7) is 0.368. The standard InChI is InChI=1S/C15H12Cl2O3/c16-13-7-6-12(15(18)19)14(17)11(13)8-9-20-10-4-2-1-3-5-10/h1-7H,8-9H2,(H,18,19). The molecule has 0 spiro atoms. The van der Waals surface area contributed by atoms with E-state index >= 15 is 0 Å². The Labute approximate surface area is 126 Å². The summed E-state index contributed by atoms with van der Waals surface area (Å²) in [5.74, 6) is -0.328. The average molecular weight is 311 g/mol. The SMILES string of the molecule is O=C(O)c1ccc(Cl)c(CCOc2ccccc2)c1Cl. The Bertz CT molecular complexity index is 612. The highest BCUT2D eigenvalue weighted by atomic mass is 35.5. The third kappa shape index (κ3) is 3.44. The molecule has 2 aromatic carbocycles. The number of hydrogen-bond acceptors (Lipinski definition) is 2. The minimum absolute atomic E-state index is 0.0470. The van der Waals surface area contributed by atoms with Gasteiger partial charge in [-0.15, -0.1) is 0 Å². The van der Waals surface area contributed by atoms with Gasteiger partial charge in [0.1, 0.15) is 5.75 Å². The van der Waals surface area contributed by atoms with E-state index in [1.54, 1.807) is 0 Å². The molecule has 3 nitrogen and oxygen atoms in total. The van der Waals surface area contributed by atoms with Crippen molar-refractivity contribution < 1.29 is 14.6 Å². The number of carboxylic acid groups (broad SMARTS) is 1. The van der Waals surface area contributed by atoms with Gasteiger partial charge in [-0.25, -0.2) is 4.79 Å². The van der Waals surface area contributed by atoms with E-state index in [0.29, 0.717) is 23.6 Å². The molecule has 0 aliphatic heterocycles. The molecule has 5 heteroatoms.